The van der Waals surface area contributed by atoms with Crippen molar-refractivity contribution in [1.82, 2.24) is 15.0 Å². The van der Waals surface area contributed by atoms with Gasteiger partial charge < -0.3 is 4.98 Å². The van der Waals surface area contributed by atoms with Crippen LogP contribution in [0.2, 0.25) is 0 Å². The maximum atomic E-state index is 11.9. The van der Waals surface area contributed by atoms with Gasteiger partial charge in [0.1, 0.15) is 5.82 Å². The van der Waals surface area contributed by atoms with Crippen molar-refractivity contribution < 1.29 is 0 Å². The number of hydrogen-bond acceptors (Lipinski definition) is 3. The van der Waals surface area contributed by atoms with Crippen molar-refractivity contribution >= 4 is 0 Å². The quantitative estimate of drug-likeness (QED) is 0.773. The Bertz CT molecular complexity index is 794. The van der Waals surface area contributed by atoms with Crippen LogP contribution in [0.3, 0.4) is 0 Å². The Hall–Kier alpha value is -2.75. The van der Waals surface area contributed by atoms with Crippen LogP contribution >= 0.6 is 0 Å². The lowest BCUT2D eigenvalue weighted by atomic mass is 10.1. The summed E-state index contributed by atoms with van der Waals surface area (Å²) in [5.41, 5.74) is 3.29. The molecule has 1 N–H and O–H groups in total. The number of rotatable bonds is 2. The molecule has 3 rings (SSSR count). The van der Waals surface area contributed by atoms with E-state index in [1.165, 1.54) is 6.07 Å². The van der Waals surface area contributed by atoms with Crippen molar-refractivity contribution in [2.45, 2.75) is 6.92 Å². The Kier molecular flexibility index (Phi) is 3.13. The standard InChI is InChI=1S/C16H13N3O/c1-11-10-17-8-7-13(11)16-18-14(9-15(20)19-16)12-5-3-2-4-6-12/h2-10H,1H3,(H,18,19,20). The van der Waals surface area contributed by atoms with Crippen LogP contribution in [0.5, 0.6) is 0 Å². The van der Waals surface area contributed by atoms with E-state index in [-0.39, 0.29) is 5.56 Å². The van der Waals surface area contributed by atoms with Gasteiger partial charge in [-0.1, -0.05) is 30.3 Å². The van der Waals surface area contributed by atoms with E-state index in [4.69, 9.17) is 0 Å². The number of nitrogens with one attached hydrogen (secondary N) is 1. The van der Waals surface area contributed by atoms with Gasteiger partial charge in [0.05, 0.1) is 5.69 Å². The number of pyridine rings is 1. The number of aryl methyl sites for hydroxylation is 1. The molecule has 4 heteroatoms. The summed E-state index contributed by atoms with van der Waals surface area (Å²) in [6.07, 6.45) is 3.45. The van der Waals surface area contributed by atoms with Crippen molar-refractivity contribution in [2.75, 3.05) is 0 Å². The zero-order chi connectivity index (χ0) is 13.9. The summed E-state index contributed by atoms with van der Waals surface area (Å²) in [4.78, 5) is 23.2. The van der Waals surface area contributed by atoms with Crippen molar-refractivity contribution in [1.29, 1.82) is 0 Å². The molecule has 98 valence electrons. The van der Waals surface area contributed by atoms with Gasteiger partial charge in [0.25, 0.3) is 5.56 Å². The maximum Gasteiger partial charge on any atom is 0.251 e. The molecule has 0 amide bonds. The topological polar surface area (TPSA) is 58.6 Å². The van der Waals surface area contributed by atoms with Crippen LogP contribution in [-0.2, 0) is 0 Å². The Morgan fingerprint density at radius 1 is 1.10 bits per heavy atom. The lowest BCUT2D eigenvalue weighted by Crippen LogP contribution is -2.09. The van der Waals surface area contributed by atoms with Crippen LogP contribution < -0.4 is 5.56 Å². The first-order valence-corrected chi connectivity index (χ1v) is 6.32. The summed E-state index contributed by atoms with van der Waals surface area (Å²) < 4.78 is 0. The highest BCUT2D eigenvalue weighted by Crippen LogP contribution is 2.21. The monoisotopic (exact) mass is 263 g/mol. The van der Waals surface area contributed by atoms with Gasteiger partial charge in [-0.15, -0.1) is 0 Å². The highest BCUT2D eigenvalue weighted by atomic mass is 16.1. The summed E-state index contributed by atoms with van der Waals surface area (Å²) in [7, 11) is 0. The minimum atomic E-state index is -0.162. The van der Waals surface area contributed by atoms with E-state index >= 15 is 0 Å². The lowest BCUT2D eigenvalue weighted by molar-refractivity contribution is 1.12. The van der Waals surface area contributed by atoms with E-state index in [1.54, 1.807) is 12.4 Å². The molecule has 0 radical (unpaired) electrons. The smallest absolute Gasteiger partial charge is 0.251 e. The average Bonchev–Trinajstić information content (AvgIpc) is 2.48. The van der Waals surface area contributed by atoms with Gasteiger partial charge in [0.15, 0.2) is 0 Å². The molecule has 0 aliphatic rings. The molecule has 0 saturated heterocycles. The average molecular weight is 263 g/mol. The van der Waals surface area contributed by atoms with Crippen molar-refractivity contribution in [3.05, 3.63) is 70.8 Å². The maximum absolute atomic E-state index is 11.9. The summed E-state index contributed by atoms with van der Waals surface area (Å²) in [6, 6.07) is 13.0. The van der Waals surface area contributed by atoms with Gasteiger partial charge in [-0.3, -0.25) is 9.78 Å². The number of H-pyrrole nitrogens is 1. The van der Waals surface area contributed by atoms with Gasteiger partial charge in [0, 0.05) is 29.6 Å². The third-order valence-electron chi connectivity index (χ3n) is 3.09. The fourth-order valence-corrected chi connectivity index (χ4v) is 2.08. The van der Waals surface area contributed by atoms with Crippen LogP contribution in [0.1, 0.15) is 5.56 Å². The van der Waals surface area contributed by atoms with E-state index in [0.29, 0.717) is 11.5 Å². The highest BCUT2D eigenvalue weighted by Gasteiger charge is 2.07. The molecule has 0 bridgehead atoms. The van der Waals surface area contributed by atoms with E-state index in [1.807, 2.05) is 43.3 Å². The minimum absolute atomic E-state index is 0.162. The molecule has 4 nitrogen and oxygen atoms in total. The van der Waals surface area contributed by atoms with E-state index in [0.717, 1.165) is 16.7 Å². The Balaban J connectivity index is 2.18. The second-order valence-corrected chi connectivity index (χ2v) is 4.54. The fourth-order valence-electron chi connectivity index (χ4n) is 2.08. The van der Waals surface area contributed by atoms with E-state index in [2.05, 4.69) is 15.0 Å². The van der Waals surface area contributed by atoms with Gasteiger partial charge in [0.2, 0.25) is 0 Å². The van der Waals surface area contributed by atoms with Gasteiger partial charge in [-0.25, -0.2) is 4.98 Å². The number of aromatic nitrogens is 3. The highest BCUT2D eigenvalue weighted by molar-refractivity contribution is 5.64. The number of hydrogen-bond donors (Lipinski definition) is 1. The van der Waals surface area contributed by atoms with Crippen molar-refractivity contribution in [2.24, 2.45) is 0 Å². The molecule has 3 aromatic rings. The third kappa shape index (κ3) is 2.36. The fraction of sp³-hybridized carbons (Fsp3) is 0.0625. The number of nitrogens with zero attached hydrogens (tertiary/aromatic N) is 2. The second-order valence-electron chi connectivity index (χ2n) is 4.54. The molecule has 0 fully saturated rings. The molecule has 0 atom stereocenters. The molecule has 2 aromatic heterocycles. The van der Waals surface area contributed by atoms with Gasteiger partial charge in [-0.05, 0) is 18.6 Å². The zero-order valence-corrected chi connectivity index (χ0v) is 11.0. The number of benzene rings is 1. The number of aromatic amines is 1. The predicted molar refractivity (Wildman–Crippen MR) is 78.3 cm³/mol. The minimum Gasteiger partial charge on any atom is -0.306 e. The van der Waals surface area contributed by atoms with E-state index < -0.39 is 0 Å². The molecule has 0 aliphatic heterocycles. The Morgan fingerprint density at radius 3 is 2.65 bits per heavy atom. The molecular formula is C16H13N3O. The summed E-state index contributed by atoms with van der Waals surface area (Å²) >= 11 is 0. The van der Waals surface area contributed by atoms with Crippen molar-refractivity contribution in [3.63, 3.8) is 0 Å². The summed E-state index contributed by atoms with van der Waals surface area (Å²) in [5.74, 6) is 0.566. The molecule has 0 spiro atoms. The molecule has 1 aromatic carbocycles. The van der Waals surface area contributed by atoms with Crippen LogP contribution in [-0.4, -0.2) is 15.0 Å². The second kappa shape index (κ2) is 5.09. The SMILES string of the molecule is Cc1cnccc1-c1nc(-c2ccccc2)cc(=O)[nH]1. The largest absolute Gasteiger partial charge is 0.306 e. The Morgan fingerprint density at radius 2 is 1.90 bits per heavy atom. The van der Waals surface area contributed by atoms with Crippen LogP contribution in [0, 0.1) is 6.92 Å². The first-order chi connectivity index (χ1) is 9.74. The lowest BCUT2D eigenvalue weighted by Gasteiger charge is -2.06. The molecule has 20 heavy (non-hydrogen) atoms. The molecular weight excluding hydrogens is 250 g/mol. The predicted octanol–water partition coefficient (Wildman–Crippen LogP) is 2.81. The molecule has 2 heterocycles. The normalized spacial score (nSPS) is 10.4. The summed E-state index contributed by atoms with van der Waals surface area (Å²) in [6.45, 7) is 1.94. The third-order valence-corrected chi connectivity index (χ3v) is 3.09. The molecule has 0 saturated carbocycles. The van der Waals surface area contributed by atoms with Gasteiger partial charge >= 0.3 is 0 Å². The Labute approximate surface area is 116 Å². The first kappa shape index (κ1) is 12.3. The van der Waals surface area contributed by atoms with Crippen LogP contribution in [0.4, 0.5) is 0 Å². The van der Waals surface area contributed by atoms with Gasteiger partial charge in [-0.2, -0.15) is 0 Å². The first-order valence-electron chi connectivity index (χ1n) is 6.32. The zero-order valence-electron chi connectivity index (χ0n) is 11.0. The molecule has 0 unspecified atom stereocenters. The van der Waals surface area contributed by atoms with E-state index in [9.17, 15) is 4.79 Å². The van der Waals surface area contributed by atoms with Crippen molar-refractivity contribution in [3.8, 4) is 22.6 Å². The van der Waals surface area contributed by atoms with Crippen LogP contribution in [0.25, 0.3) is 22.6 Å². The van der Waals surface area contributed by atoms with Crippen LogP contribution in [0.15, 0.2) is 59.7 Å². The molecule has 0 aliphatic carbocycles. The summed E-state index contributed by atoms with van der Waals surface area (Å²) in [5, 5.41) is 0.